The number of hydrogen-bond acceptors (Lipinski definition) is 6. The average molecular weight is 424 g/mol. The highest BCUT2D eigenvalue weighted by atomic mass is 16.6. The zero-order valence-corrected chi connectivity index (χ0v) is 19.3. The fourth-order valence-electron chi connectivity index (χ4n) is 2.16. The molecule has 0 bridgehead atoms. The van der Waals surface area contributed by atoms with Gasteiger partial charge in [0.25, 0.3) is 0 Å². The van der Waals surface area contributed by atoms with Crippen LogP contribution in [0.15, 0.2) is 24.3 Å². The number of rotatable bonds is 12. The van der Waals surface area contributed by atoms with Gasteiger partial charge in [-0.1, -0.05) is 34.6 Å². The lowest BCUT2D eigenvalue weighted by atomic mass is 9.96. The van der Waals surface area contributed by atoms with E-state index >= 15 is 0 Å². The molecule has 30 heavy (non-hydrogen) atoms. The Morgan fingerprint density at radius 3 is 2.00 bits per heavy atom. The molecule has 0 aliphatic heterocycles. The van der Waals surface area contributed by atoms with Crippen molar-refractivity contribution in [2.45, 2.75) is 60.7 Å². The van der Waals surface area contributed by atoms with Gasteiger partial charge < -0.3 is 24.3 Å². The molecule has 7 heteroatoms. The number of nitrogens with one attached hydrogen (secondary N) is 1. The van der Waals surface area contributed by atoms with Crippen LogP contribution in [0.4, 0.5) is 0 Å². The Hall–Kier alpha value is -2.28. The van der Waals surface area contributed by atoms with Crippen molar-refractivity contribution in [1.29, 1.82) is 0 Å². The number of amides is 1. The predicted molar refractivity (Wildman–Crippen MR) is 116 cm³/mol. The topological polar surface area (TPSA) is 83.1 Å². The van der Waals surface area contributed by atoms with Crippen molar-refractivity contribution in [2.24, 2.45) is 11.3 Å². The van der Waals surface area contributed by atoms with Crippen LogP contribution in [0.3, 0.4) is 0 Å². The highest BCUT2D eigenvalue weighted by Crippen LogP contribution is 2.18. The van der Waals surface area contributed by atoms with Crippen LogP contribution in [0.2, 0.25) is 0 Å². The normalized spacial score (nSPS) is 12.6. The van der Waals surface area contributed by atoms with Crippen molar-refractivity contribution in [1.82, 2.24) is 5.32 Å². The molecule has 1 rings (SSSR count). The van der Waals surface area contributed by atoms with Gasteiger partial charge in [-0.3, -0.25) is 4.79 Å². The summed E-state index contributed by atoms with van der Waals surface area (Å²) in [7, 11) is 0. The second-order valence-corrected chi connectivity index (χ2v) is 8.92. The number of carbonyl (C=O) groups excluding carboxylic acids is 2. The Balaban J connectivity index is 2.52. The summed E-state index contributed by atoms with van der Waals surface area (Å²) in [6, 6.07) is 7.08. The summed E-state index contributed by atoms with van der Waals surface area (Å²) in [6.45, 7) is 14.2. The molecule has 1 aromatic carbocycles. The molecule has 0 aliphatic rings. The maximum absolute atomic E-state index is 12.2. The summed E-state index contributed by atoms with van der Waals surface area (Å²) < 4.78 is 22.1. The van der Waals surface area contributed by atoms with Gasteiger partial charge in [-0.05, 0) is 44.0 Å². The Morgan fingerprint density at radius 1 is 0.933 bits per heavy atom. The number of carbonyl (C=O) groups is 2. The zero-order valence-electron chi connectivity index (χ0n) is 19.3. The lowest BCUT2D eigenvalue weighted by molar-refractivity contribution is -0.156. The molecule has 0 spiro atoms. The quantitative estimate of drug-likeness (QED) is 0.517. The molecule has 0 heterocycles. The van der Waals surface area contributed by atoms with Gasteiger partial charge in [0.15, 0.2) is 6.61 Å². The van der Waals surface area contributed by atoms with Gasteiger partial charge in [0.05, 0.1) is 25.9 Å². The third-order valence-corrected chi connectivity index (χ3v) is 3.85. The largest absolute Gasteiger partial charge is 0.493 e. The third kappa shape index (κ3) is 11.0. The van der Waals surface area contributed by atoms with Gasteiger partial charge in [0, 0.05) is 5.41 Å². The minimum atomic E-state index is -0.596. The molecule has 0 aliphatic carbocycles. The fraction of sp³-hybridized carbons (Fsp3) is 0.652. The molecule has 0 aromatic heterocycles. The van der Waals surface area contributed by atoms with E-state index in [0.29, 0.717) is 18.3 Å². The first kappa shape index (κ1) is 25.8. The maximum atomic E-state index is 12.2. The van der Waals surface area contributed by atoms with Crippen molar-refractivity contribution < 1.29 is 28.5 Å². The molecule has 0 fully saturated rings. The zero-order chi connectivity index (χ0) is 22.7. The molecule has 7 nitrogen and oxygen atoms in total. The lowest BCUT2D eigenvalue weighted by Gasteiger charge is -2.23. The molecule has 1 atom stereocenters. The van der Waals surface area contributed by atoms with Gasteiger partial charge in [-0.15, -0.1) is 0 Å². The van der Waals surface area contributed by atoms with Gasteiger partial charge >= 0.3 is 5.97 Å². The first-order valence-corrected chi connectivity index (χ1v) is 10.4. The molecule has 0 radical (unpaired) electrons. The minimum Gasteiger partial charge on any atom is -0.493 e. The van der Waals surface area contributed by atoms with Crippen LogP contribution in [-0.2, 0) is 19.1 Å². The van der Waals surface area contributed by atoms with E-state index in [0.717, 1.165) is 5.75 Å². The highest BCUT2D eigenvalue weighted by Gasteiger charge is 2.23. The van der Waals surface area contributed by atoms with Gasteiger partial charge in [0.2, 0.25) is 5.91 Å². The van der Waals surface area contributed by atoms with Crippen molar-refractivity contribution in [3.63, 3.8) is 0 Å². The van der Waals surface area contributed by atoms with Gasteiger partial charge in [-0.2, -0.15) is 0 Å². The van der Waals surface area contributed by atoms with Crippen LogP contribution in [0.5, 0.6) is 11.5 Å². The van der Waals surface area contributed by atoms with Crippen LogP contribution < -0.4 is 14.8 Å². The molecule has 1 N–H and O–H groups in total. The summed E-state index contributed by atoms with van der Waals surface area (Å²) in [5.41, 5.74) is -0.526. The molecule has 1 aromatic rings. The highest BCUT2D eigenvalue weighted by molar-refractivity contribution is 5.81. The SMILES string of the molecule is CC(C)COc1ccc(OCC(=O)O[C@@H](CNC(=O)C(C)(C)C)COC(C)C)cc1. The van der Waals surface area contributed by atoms with Gasteiger partial charge in [-0.25, -0.2) is 4.79 Å². The van der Waals surface area contributed by atoms with Crippen LogP contribution in [0, 0.1) is 11.3 Å². The standard InChI is InChI=1S/C23H37NO6/c1-16(2)13-28-18-8-10-19(11-9-18)29-15-21(25)30-20(14-27-17(3)4)12-24-22(26)23(5,6)7/h8-11,16-17,20H,12-15H2,1-7H3,(H,24,26)/t20-/m0/s1. The molecular weight excluding hydrogens is 386 g/mol. The summed E-state index contributed by atoms with van der Waals surface area (Å²) in [6.07, 6.45) is -0.612. The second-order valence-electron chi connectivity index (χ2n) is 8.92. The van der Waals surface area contributed by atoms with Crippen molar-refractivity contribution in [2.75, 3.05) is 26.4 Å². The first-order chi connectivity index (χ1) is 14.0. The van der Waals surface area contributed by atoms with Crippen molar-refractivity contribution in [3.05, 3.63) is 24.3 Å². The van der Waals surface area contributed by atoms with E-state index in [1.807, 2.05) is 34.6 Å². The summed E-state index contributed by atoms with van der Waals surface area (Å²) >= 11 is 0. The lowest BCUT2D eigenvalue weighted by Crippen LogP contribution is -2.43. The first-order valence-electron chi connectivity index (χ1n) is 10.4. The predicted octanol–water partition coefficient (Wildman–Crippen LogP) is 3.60. The van der Waals surface area contributed by atoms with E-state index in [9.17, 15) is 9.59 Å². The van der Waals surface area contributed by atoms with E-state index in [4.69, 9.17) is 18.9 Å². The van der Waals surface area contributed by atoms with Crippen LogP contribution in [0.1, 0.15) is 48.5 Å². The van der Waals surface area contributed by atoms with Crippen LogP contribution in [0.25, 0.3) is 0 Å². The molecule has 0 saturated carbocycles. The molecule has 0 saturated heterocycles. The van der Waals surface area contributed by atoms with E-state index in [2.05, 4.69) is 19.2 Å². The molecule has 0 unspecified atom stereocenters. The molecule has 1 amide bonds. The Kier molecular flexibility index (Phi) is 10.7. The maximum Gasteiger partial charge on any atom is 0.344 e. The fourth-order valence-corrected chi connectivity index (χ4v) is 2.16. The summed E-state index contributed by atoms with van der Waals surface area (Å²) in [4.78, 5) is 24.3. The van der Waals surface area contributed by atoms with E-state index in [1.54, 1.807) is 24.3 Å². The van der Waals surface area contributed by atoms with E-state index in [1.165, 1.54) is 0 Å². The average Bonchev–Trinajstić information content (AvgIpc) is 2.66. The van der Waals surface area contributed by atoms with Crippen molar-refractivity contribution in [3.8, 4) is 11.5 Å². The third-order valence-electron chi connectivity index (χ3n) is 3.85. The second kappa shape index (κ2) is 12.4. The Morgan fingerprint density at radius 2 is 1.50 bits per heavy atom. The summed E-state index contributed by atoms with van der Waals surface area (Å²) in [5, 5.41) is 2.80. The number of benzene rings is 1. The van der Waals surface area contributed by atoms with E-state index < -0.39 is 17.5 Å². The minimum absolute atomic E-state index is 0.0165. The monoisotopic (exact) mass is 423 g/mol. The number of esters is 1. The Labute approximate surface area is 180 Å². The molecular formula is C23H37NO6. The number of ether oxygens (including phenoxy) is 4. The van der Waals surface area contributed by atoms with Crippen molar-refractivity contribution >= 4 is 11.9 Å². The van der Waals surface area contributed by atoms with Gasteiger partial charge in [0.1, 0.15) is 17.6 Å². The van der Waals surface area contributed by atoms with Crippen LogP contribution >= 0.6 is 0 Å². The van der Waals surface area contributed by atoms with Crippen LogP contribution in [-0.4, -0.2) is 50.4 Å². The smallest absolute Gasteiger partial charge is 0.344 e. The molecule has 170 valence electrons. The number of hydrogen-bond donors (Lipinski definition) is 1. The summed E-state index contributed by atoms with van der Waals surface area (Å²) in [5.74, 6) is 1.08. The van der Waals surface area contributed by atoms with E-state index in [-0.39, 0.29) is 31.8 Å². The Bertz CT molecular complexity index is 649.